The van der Waals surface area contributed by atoms with Gasteiger partial charge in [0.15, 0.2) is 6.23 Å². The van der Waals surface area contributed by atoms with E-state index in [1.165, 1.54) is 18.4 Å². The summed E-state index contributed by atoms with van der Waals surface area (Å²) in [5.41, 5.74) is 3.66. The molecule has 3 fully saturated rings. The second kappa shape index (κ2) is 15.7. The van der Waals surface area contributed by atoms with Crippen molar-refractivity contribution in [2.45, 2.75) is 115 Å². The van der Waals surface area contributed by atoms with Gasteiger partial charge in [0.2, 0.25) is 0 Å². The number of nitrogens with zero attached hydrogens (tertiary/aromatic N) is 3. The lowest BCUT2D eigenvalue weighted by molar-refractivity contribution is -0.351. The number of hydrogen-bond donors (Lipinski definition) is 1. The van der Waals surface area contributed by atoms with Crippen LogP contribution in [0.1, 0.15) is 98.7 Å². The number of benzene rings is 2. The Hall–Kier alpha value is -3.06. The van der Waals surface area contributed by atoms with E-state index in [-0.39, 0.29) is 30.8 Å². The number of rotatable bonds is 12. The van der Waals surface area contributed by atoms with Crippen molar-refractivity contribution < 1.29 is 33.7 Å². The van der Waals surface area contributed by atoms with E-state index < -0.39 is 11.8 Å². The van der Waals surface area contributed by atoms with Gasteiger partial charge in [0.25, 0.3) is 5.91 Å². The van der Waals surface area contributed by atoms with Crippen LogP contribution >= 0.6 is 0 Å². The average Bonchev–Trinajstić information content (AvgIpc) is 3.40. The van der Waals surface area contributed by atoms with Gasteiger partial charge in [-0.1, -0.05) is 42.5 Å². The van der Waals surface area contributed by atoms with Gasteiger partial charge in [-0.3, -0.25) is 14.5 Å². The van der Waals surface area contributed by atoms with Gasteiger partial charge in [-0.15, -0.1) is 0 Å². The van der Waals surface area contributed by atoms with E-state index in [0.29, 0.717) is 44.6 Å². The predicted molar refractivity (Wildman–Crippen MR) is 179 cm³/mol. The number of nitrogens with two attached hydrogens (primary N) is 1. The molecule has 0 radical (unpaired) electrons. The van der Waals surface area contributed by atoms with Gasteiger partial charge in [0.1, 0.15) is 6.61 Å². The molecule has 0 bridgehead atoms. The summed E-state index contributed by atoms with van der Waals surface area (Å²) in [6.07, 6.45) is 6.40. The Kier molecular flexibility index (Phi) is 11.3. The first kappa shape index (κ1) is 34.8. The molecule has 11 heteroatoms. The molecule has 2 N–H and O–H groups in total. The number of hydrogen-bond acceptors (Lipinski definition) is 9. The molecule has 1 unspecified atom stereocenters. The van der Waals surface area contributed by atoms with Crippen molar-refractivity contribution in [1.29, 1.82) is 0 Å². The third kappa shape index (κ3) is 8.74. The van der Waals surface area contributed by atoms with Crippen LogP contribution in [0.2, 0.25) is 0 Å². The van der Waals surface area contributed by atoms with E-state index >= 15 is 0 Å². The summed E-state index contributed by atoms with van der Waals surface area (Å²) in [7, 11) is 0. The minimum atomic E-state index is -0.585. The summed E-state index contributed by atoms with van der Waals surface area (Å²) in [6.45, 7) is 10.1. The lowest BCUT2D eigenvalue weighted by Crippen LogP contribution is -2.58. The summed E-state index contributed by atoms with van der Waals surface area (Å²) < 4.78 is 11.9. The smallest absolute Gasteiger partial charge is 0.410 e. The third-order valence-electron chi connectivity index (χ3n) is 10.1. The molecule has 1 atom stereocenters. The van der Waals surface area contributed by atoms with Crippen LogP contribution in [0.15, 0.2) is 48.5 Å². The first-order valence-electron chi connectivity index (χ1n) is 17.6. The Bertz CT molecular complexity index is 1360. The molecule has 1 saturated carbocycles. The first-order valence-corrected chi connectivity index (χ1v) is 17.6. The molecule has 2 aromatic carbocycles. The molecule has 262 valence electrons. The molecule has 2 aromatic rings. The normalized spacial score (nSPS) is 23.2. The van der Waals surface area contributed by atoms with Crippen molar-refractivity contribution >= 4 is 12.0 Å². The molecular formula is C37H52N4O7. The summed E-state index contributed by atoms with van der Waals surface area (Å²) >= 11 is 0. The van der Waals surface area contributed by atoms with E-state index in [0.717, 1.165) is 55.5 Å². The highest BCUT2D eigenvalue weighted by molar-refractivity contribution is 5.98. The monoisotopic (exact) mass is 664 g/mol. The number of fused-ring (bicyclic) bond motifs is 1. The van der Waals surface area contributed by atoms with Crippen LogP contribution < -0.4 is 5.90 Å². The fraction of sp³-hybridized carbons (Fsp3) is 0.622. The summed E-state index contributed by atoms with van der Waals surface area (Å²) in [4.78, 5) is 47.6. The molecule has 0 aromatic heterocycles. The zero-order valence-corrected chi connectivity index (χ0v) is 28.7. The van der Waals surface area contributed by atoms with Crippen LogP contribution in [-0.2, 0) is 37.2 Å². The number of likely N-dealkylation sites (tertiary alicyclic amines) is 2. The zero-order valence-electron chi connectivity index (χ0n) is 28.7. The second-order valence-electron chi connectivity index (χ2n) is 14.7. The Labute approximate surface area is 284 Å². The van der Waals surface area contributed by atoms with Crippen molar-refractivity contribution in [2.75, 3.05) is 32.8 Å². The van der Waals surface area contributed by atoms with E-state index in [2.05, 4.69) is 17.0 Å². The molecule has 0 spiro atoms. The van der Waals surface area contributed by atoms with Crippen molar-refractivity contribution in [2.24, 2.45) is 5.90 Å². The summed E-state index contributed by atoms with van der Waals surface area (Å²) in [5.74, 6) is 6.03. The van der Waals surface area contributed by atoms with E-state index in [9.17, 15) is 9.59 Å². The molecule has 2 saturated heterocycles. The van der Waals surface area contributed by atoms with Gasteiger partial charge < -0.3 is 19.3 Å². The molecule has 3 heterocycles. The highest BCUT2D eigenvalue weighted by atomic mass is 17.2. The minimum Gasteiger partial charge on any atom is -0.445 e. The number of ether oxygens (including phenoxy) is 2. The van der Waals surface area contributed by atoms with Gasteiger partial charge >= 0.3 is 6.09 Å². The van der Waals surface area contributed by atoms with E-state index in [1.54, 1.807) is 9.80 Å². The molecule has 2 amide bonds. The molecule has 4 aliphatic rings. The van der Waals surface area contributed by atoms with Crippen LogP contribution in [0.4, 0.5) is 4.79 Å². The van der Waals surface area contributed by atoms with Gasteiger partial charge in [-0.2, -0.15) is 0 Å². The van der Waals surface area contributed by atoms with Crippen molar-refractivity contribution in [3.8, 4) is 0 Å². The Morgan fingerprint density at radius 3 is 2.38 bits per heavy atom. The van der Waals surface area contributed by atoms with Crippen LogP contribution in [0, 0.1) is 0 Å². The van der Waals surface area contributed by atoms with Gasteiger partial charge in [-0.25, -0.2) is 20.5 Å². The minimum absolute atomic E-state index is 0.0612. The largest absolute Gasteiger partial charge is 0.445 e. The maximum Gasteiger partial charge on any atom is 0.410 e. The van der Waals surface area contributed by atoms with Crippen molar-refractivity contribution in [3.05, 3.63) is 70.8 Å². The fourth-order valence-corrected chi connectivity index (χ4v) is 7.40. The lowest BCUT2D eigenvalue weighted by Gasteiger charge is -2.47. The van der Waals surface area contributed by atoms with Gasteiger partial charge in [-0.05, 0) is 88.0 Å². The standard InChI is InChI=1S/C37H52N4O7/c1-37(2,3)48-45-20-17-34(47-38)41-22-29-21-28(11-14-33(29)35(41)42)27-9-12-30(13-10-27)40-23-32(24-40)46-31-15-18-39(19-16-31)36(43)44-25-26-7-5-4-6-8-26/h4-8,11,14,21,27,30-32,34H,9-10,12-13,15-20,22-25,38H2,1-3H3. The van der Waals surface area contributed by atoms with Gasteiger partial charge in [0.05, 0.1) is 24.4 Å². The van der Waals surface area contributed by atoms with E-state index in [4.69, 9.17) is 30.0 Å². The van der Waals surface area contributed by atoms with Crippen molar-refractivity contribution in [3.63, 3.8) is 0 Å². The van der Waals surface area contributed by atoms with Gasteiger partial charge in [0, 0.05) is 50.7 Å². The fourth-order valence-electron chi connectivity index (χ4n) is 7.40. The van der Waals surface area contributed by atoms with Crippen LogP contribution in [0.3, 0.4) is 0 Å². The molecular weight excluding hydrogens is 612 g/mol. The maximum absolute atomic E-state index is 13.2. The zero-order chi connectivity index (χ0) is 33.7. The molecule has 11 nitrogen and oxygen atoms in total. The highest BCUT2D eigenvalue weighted by Crippen LogP contribution is 2.38. The SMILES string of the molecule is CC(C)(C)OOCCC(ON)N1Cc2cc(C3CCC(N4CC(OC5CCN(C(=O)OCc6ccccc6)CC5)C4)CC3)ccc2C1=O. The maximum atomic E-state index is 13.2. The topological polar surface area (TPSA) is 116 Å². The Morgan fingerprint density at radius 2 is 1.69 bits per heavy atom. The Morgan fingerprint density at radius 1 is 0.958 bits per heavy atom. The third-order valence-corrected chi connectivity index (χ3v) is 10.1. The second-order valence-corrected chi connectivity index (χ2v) is 14.7. The van der Waals surface area contributed by atoms with E-state index in [1.807, 2.05) is 57.2 Å². The Balaban J connectivity index is 0.887. The predicted octanol–water partition coefficient (Wildman–Crippen LogP) is 5.52. The first-order chi connectivity index (χ1) is 23.2. The molecule has 48 heavy (non-hydrogen) atoms. The van der Waals surface area contributed by atoms with Crippen LogP contribution in [0.25, 0.3) is 0 Å². The highest BCUT2D eigenvalue weighted by Gasteiger charge is 2.38. The molecule has 6 rings (SSSR count). The molecule has 3 aliphatic heterocycles. The summed E-state index contributed by atoms with van der Waals surface area (Å²) in [6, 6.07) is 16.7. The average molecular weight is 665 g/mol. The van der Waals surface area contributed by atoms with Crippen LogP contribution in [0.5, 0.6) is 0 Å². The summed E-state index contributed by atoms with van der Waals surface area (Å²) in [5, 5.41) is 0. The number of piperidine rings is 1. The number of carbonyl (C=O) groups is 2. The van der Waals surface area contributed by atoms with Crippen molar-refractivity contribution in [1.82, 2.24) is 14.7 Å². The quantitative estimate of drug-likeness (QED) is 0.178. The number of amides is 2. The number of carbonyl (C=O) groups excluding carboxylic acids is 2. The van der Waals surface area contributed by atoms with Crippen LogP contribution in [-0.4, -0.2) is 89.6 Å². The lowest BCUT2D eigenvalue weighted by atomic mass is 9.80. The molecule has 1 aliphatic carbocycles.